The fourth-order valence-electron chi connectivity index (χ4n) is 0.712. The molecule has 0 aromatic heterocycles. The summed E-state index contributed by atoms with van der Waals surface area (Å²) >= 11 is 3.35. The topological polar surface area (TPSA) is 4.36 Å². The van der Waals surface area contributed by atoms with Crippen LogP contribution in [0.2, 0.25) is 0 Å². The third kappa shape index (κ3) is 1.58. The Morgan fingerprint density at radius 2 is 2.10 bits per heavy atom. The molecule has 50 valence electrons. The molecule has 0 radical (unpaired) electrons. The SMILES string of the molecule is [C-]#[N+]Cc1ccccc1Br. The smallest absolute Gasteiger partial charge is 0.240 e. The Balaban J connectivity index is 2.94. The molecule has 0 N–H and O–H groups in total. The van der Waals surface area contributed by atoms with Gasteiger partial charge in [0.25, 0.3) is 0 Å². The highest BCUT2D eigenvalue weighted by molar-refractivity contribution is 9.10. The second-order valence-corrected chi connectivity index (χ2v) is 2.76. The third-order valence-corrected chi connectivity index (χ3v) is 1.98. The van der Waals surface area contributed by atoms with Crippen molar-refractivity contribution in [2.24, 2.45) is 0 Å². The molecule has 0 unspecified atom stereocenters. The van der Waals surface area contributed by atoms with Gasteiger partial charge >= 0.3 is 0 Å². The number of rotatable bonds is 1. The van der Waals surface area contributed by atoms with Crippen molar-refractivity contribution in [3.63, 3.8) is 0 Å². The van der Waals surface area contributed by atoms with Gasteiger partial charge in [-0.25, -0.2) is 6.57 Å². The molecule has 0 spiro atoms. The van der Waals surface area contributed by atoms with Gasteiger partial charge in [-0.3, -0.25) is 0 Å². The van der Waals surface area contributed by atoms with Crippen LogP contribution in [0.1, 0.15) is 5.56 Å². The highest BCUT2D eigenvalue weighted by atomic mass is 79.9. The highest BCUT2D eigenvalue weighted by Gasteiger charge is 1.97. The molecule has 1 rings (SSSR count). The largest absolute Gasteiger partial charge is 0.312 e. The number of benzene rings is 1. The molecule has 10 heavy (non-hydrogen) atoms. The van der Waals surface area contributed by atoms with Gasteiger partial charge in [0.2, 0.25) is 6.54 Å². The lowest BCUT2D eigenvalue weighted by Gasteiger charge is -1.93. The Bertz CT molecular complexity index is 262. The van der Waals surface area contributed by atoms with Crippen LogP contribution in [0.5, 0.6) is 0 Å². The molecule has 1 nitrogen and oxygen atoms in total. The van der Waals surface area contributed by atoms with Gasteiger partial charge in [-0.1, -0.05) is 34.1 Å². The minimum absolute atomic E-state index is 0.460. The summed E-state index contributed by atoms with van der Waals surface area (Å²) in [6, 6.07) is 7.77. The first kappa shape index (κ1) is 7.30. The van der Waals surface area contributed by atoms with E-state index in [1.165, 1.54) is 0 Å². The summed E-state index contributed by atoms with van der Waals surface area (Å²) in [5.41, 5.74) is 1.05. The second kappa shape index (κ2) is 3.38. The first-order valence-corrected chi connectivity index (χ1v) is 3.70. The van der Waals surface area contributed by atoms with Crippen molar-refractivity contribution in [3.05, 3.63) is 45.7 Å². The molecule has 0 amide bonds. The maximum absolute atomic E-state index is 6.64. The zero-order chi connectivity index (χ0) is 7.40. The number of hydrogen-bond donors (Lipinski definition) is 0. The number of hydrogen-bond acceptors (Lipinski definition) is 0. The summed E-state index contributed by atoms with van der Waals surface area (Å²) in [5, 5.41) is 0. The molecule has 0 atom stereocenters. The Morgan fingerprint density at radius 3 is 2.70 bits per heavy atom. The Labute approximate surface area is 68.6 Å². The van der Waals surface area contributed by atoms with Crippen LogP contribution in [0.25, 0.3) is 4.85 Å². The Hall–Kier alpha value is -0.810. The van der Waals surface area contributed by atoms with Crippen molar-refractivity contribution < 1.29 is 0 Å². The summed E-state index contributed by atoms with van der Waals surface area (Å²) in [6.07, 6.45) is 0. The van der Waals surface area contributed by atoms with Crippen molar-refractivity contribution in [2.75, 3.05) is 0 Å². The monoisotopic (exact) mass is 195 g/mol. The molecule has 0 bridgehead atoms. The third-order valence-electron chi connectivity index (χ3n) is 1.21. The molecule has 0 aliphatic heterocycles. The van der Waals surface area contributed by atoms with Crippen molar-refractivity contribution in [1.29, 1.82) is 0 Å². The van der Waals surface area contributed by atoms with E-state index in [0.717, 1.165) is 10.0 Å². The van der Waals surface area contributed by atoms with E-state index in [2.05, 4.69) is 20.8 Å². The van der Waals surface area contributed by atoms with Gasteiger partial charge in [-0.15, -0.1) is 0 Å². The maximum Gasteiger partial charge on any atom is 0.240 e. The zero-order valence-corrected chi connectivity index (χ0v) is 6.93. The molecular weight excluding hydrogens is 190 g/mol. The summed E-state index contributed by atoms with van der Waals surface area (Å²) in [5.74, 6) is 0. The summed E-state index contributed by atoms with van der Waals surface area (Å²) in [4.78, 5) is 3.29. The van der Waals surface area contributed by atoms with Gasteiger partial charge in [0.15, 0.2) is 0 Å². The lowest BCUT2D eigenvalue weighted by atomic mass is 10.2. The van der Waals surface area contributed by atoms with Gasteiger partial charge in [0.05, 0.1) is 0 Å². The summed E-state index contributed by atoms with van der Waals surface area (Å²) in [6.45, 7) is 7.10. The number of nitrogens with zero attached hydrogens (tertiary/aromatic N) is 1. The van der Waals surface area contributed by atoms with Gasteiger partial charge in [-0.2, -0.15) is 0 Å². The Kier molecular flexibility index (Phi) is 2.47. The van der Waals surface area contributed by atoms with Crippen LogP contribution < -0.4 is 0 Å². The fourth-order valence-corrected chi connectivity index (χ4v) is 1.12. The van der Waals surface area contributed by atoms with Crippen LogP contribution in [0.3, 0.4) is 0 Å². The quantitative estimate of drug-likeness (QED) is 0.608. The van der Waals surface area contributed by atoms with Gasteiger partial charge in [-0.05, 0) is 6.07 Å². The van der Waals surface area contributed by atoms with Crippen LogP contribution in [-0.2, 0) is 6.54 Å². The predicted octanol–water partition coefficient (Wildman–Crippen LogP) is 2.87. The van der Waals surface area contributed by atoms with E-state index in [1.807, 2.05) is 24.3 Å². The fraction of sp³-hybridized carbons (Fsp3) is 0.125. The minimum atomic E-state index is 0.460. The van der Waals surface area contributed by atoms with Crippen LogP contribution in [0.4, 0.5) is 0 Å². The molecule has 1 aromatic rings. The van der Waals surface area contributed by atoms with Crippen LogP contribution in [-0.4, -0.2) is 0 Å². The summed E-state index contributed by atoms with van der Waals surface area (Å²) in [7, 11) is 0. The predicted molar refractivity (Wildman–Crippen MR) is 44.4 cm³/mol. The van der Waals surface area contributed by atoms with Gasteiger partial charge in [0, 0.05) is 10.0 Å². The van der Waals surface area contributed by atoms with E-state index in [1.54, 1.807) is 0 Å². The van der Waals surface area contributed by atoms with Crippen molar-refractivity contribution in [3.8, 4) is 0 Å². The standard InChI is InChI=1S/C8H6BrN/c1-10-6-7-4-2-3-5-8(7)9/h2-5H,6H2. The lowest BCUT2D eigenvalue weighted by molar-refractivity contribution is 1.25. The molecule has 2 heteroatoms. The van der Waals surface area contributed by atoms with Crippen molar-refractivity contribution in [2.45, 2.75) is 6.54 Å². The highest BCUT2D eigenvalue weighted by Crippen LogP contribution is 2.16. The first-order chi connectivity index (χ1) is 4.84. The van der Waals surface area contributed by atoms with Crippen LogP contribution in [0, 0.1) is 6.57 Å². The average Bonchev–Trinajstić information content (AvgIpc) is 1.94. The molecular formula is C8H6BrN. The van der Waals surface area contributed by atoms with E-state index < -0.39 is 0 Å². The molecule has 0 heterocycles. The molecule has 0 saturated carbocycles. The molecule has 1 aromatic carbocycles. The van der Waals surface area contributed by atoms with Gasteiger partial charge in [0.1, 0.15) is 0 Å². The number of halogens is 1. The molecule has 0 aliphatic rings. The van der Waals surface area contributed by atoms with E-state index in [9.17, 15) is 0 Å². The van der Waals surface area contributed by atoms with E-state index in [0.29, 0.717) is 6.54 Å². The minimum Gasteiger partial charge on any atom is -0.312 e. The van der Waals surface area contributed by atoms with Crippen molar-refractivity contribution in [1.82, 2.24) is 0 Å². The molecule has 0 saturated heterocycles. The molecule has 0 fully saturated rings. The van der Waals surface area contributed by atoms with Gasteiger partial charge < -0.3 is 4.85 Å². The van der Waals surface area contributed by atoms with Crippen LogP contribution >= 0.6 is 15.9 Å². The van der Waals surface area contributed by atoms with Crippen LogP contribution in [0.15, 0.2) is 28.7 Å². The lowest BCUT2D eigenvalue weighted by Crippen LogP contribution is -1.78. The summed E-state index contributed by atoms with van der Waals surface area (Å²) < 4.78 is 1.02. The van der Waals surface area contributed by atoms with E-state index in [4.69, 9.17) is 6.57 Å². The van der Waals surface area contributed by atoms with E-state index in [-0.39, 0.29) is 0 Å². The Morgan fingerprint density at radius 1 is 1.40 bits per heavy atom. The average molecular weight is 196 g/mol. The first-order valence-electron chi connectivity index (χ1n) is 2.91. The maximum atomic E-state index is 6.64. The normalized spacial score (nSPS) is 8.80. The van der Waals surface area contributed by atoms with Crippen molar-refractivity contribution >= 4 is 15.9 Å². The molecule has 0 aliphatic carbocycles. The second-order valence-electron chi connectivity index (χ2n) is 1.91. The zero-order valence-electron chi connectivity index (χ0n) is 5.34. The van der Waals surface area contributed by atoms with E-state index >= 15 is 0 Å².